The number of halogens is 1. The van der Waals surface area contributed by atoms with E-state index in [2.05, 4.69) is 10.6 Å². The molecule has 2 amide bonds. The van der Waals surface area contributed by atoms with Crippen molar-refractivity contribution < 1.29 is 18.9 Å². The van der Waals surface area contributed by atoms with Crippen molar-refractivity contribution >= 4 is 29.1 Å². The largest absolute Gasteiger partial charge is 0.459 e. The third-order valence-corrected chi connectivity index (χ3v) is 3.16. The molecule has 0 fully saturated rings. The Morgan fingerprint density at radius 3 is 2.43 bits per heavy atom. The lowest BCUT2D eigenvalue weighted by atomic mass is 10.2. The standard InChI is InChI=1S/C14H12ClN3O5/c15-11-8-9(18(21)22)3-4-10(11)13(19)16-5-6-17-14(20)12-2-1-7-23-12/h1-4,7-8H,5-6H2,(H,16,19)(H,17,20). The summed E-state index contributed by atoms with van der Waals surface area (Å²) >= 11 is 5.85. The monoisotopic (exact) mass is 337 g/mol. The molecule has 0 atom stereocenters. The number of hydrogen-bond donors (Lipinski definition) is 2. The third-order valence-electron chi connectivity index (χ3n) is 2.85. The van der Waals surface area contributed by atoms with Crippen LogP contribution in [0.2, 0.25) is 5.02 Å². The first-order chi connectivity index (χ1) is 11.0. The third kappa shape index (κ3) is 4.30. The number of non-ortho nitro benzene ring substituents is 1. The van der Waals surface area contributed by atoms with Crippen LogP contribution in [0.5, 0.6) is 0 Å². The van der Waals surface area contributed by atoms with Crippen LogP contribution in [0, 0.1) is 10.1 Å². The quantitative estimate of drug-likeness (QED) is 0.475. The maximum Gasteiger partial charge on any atom is 0.287 e. The van der Waals surface area contributed by atoms with Crippen molar-refractivity contribution in [3.63, 3.8) is 0 Å². The van der Waals surface area contributed by atoms with Gasteiger partial charge in [-0.3, -0.25) is 19.7 Å². The van der Waals surface area contributed by atoms with Gasteiger partial charge < -0.3 is 15.1 Å². The zero-order valence-electron chi connectivity index (χ0n) is 11.7. The fraction of sp³-hybridized carbons (Fsp3) is 0.143. The van der Waals surface area contributed by atoms with E-state index in [-0.39, 0.29) is 35.1 Å². The Hall–Kier alpha value is -2.87. The number of nitrogens with zero attached hydrogens (tertiary/aromatic N) is 1. The van der Waals surface area contributed by atoms with Gasteiger partial charge in [-0.1, -0.05) is 11.6 Å². The smallest absolute Gasteiger partial charge is 0.287 e. The normalized spacial score (nSPS) is 10.1. The van der Waals surface area contributed by atoms with Gasteiger partial charge in [0.2, 0.25) is 0 Å². The molecular formula is C14H12ClN3O5. The van der Waals surface area contributed by atoms with Gasteiger partial charge in [0, 0.05) is 25.2 Å². The van der Waals surface area contributed by atoms with E-state index in [9.17, 15) is 19.7 Å². The van der Waals surface area contributed by atoms with Crippen LogP contribution in [0.1, 0.15) is 20.9 Å². The van der Waals surface area contributed by atoms with Crippen LogP contribution >= 0.6 is 11.6 Å². The topological polar surface area (TPSA) is 114 Å². The SMILES string of the molecule is O=C(NCCNC(=O)c1ccc([N+](=O)[O-])cc1Cl)c1ccco1. The highest BCUT2D eigenvalue weighted by Gasteiger charge is 2.14. The minimum absolute atomic E-state index is 0.0173. The first-order valence-electron chi connectivity index (χ1n) is 6.53. The van der Waals surface area contributed by atoms with Crippen molar-refractivity contribution in [1.29, 1.82) is 0 Å². The highest BCUT2D eigenvalue weighted by molar-refractivity contribution is 6.34. The summed E-state index contributed by atoms with van der Waals surface area (Å²) in [5.41, 5.74) is -0.0770. The molecule has 0 bridgehead atoms. The van der Waals surface area contributed by atoms with Crippen LogP contribution in [0.4, 0.5) is 5.69 Å². The Kier molecular flexibility index (Phi) is 5.32. The number of furan rings is 1. The van der Waals surface area contributed by atoms with Crippen molar-refractivity contribution in [2.45, 2.75) is 0 Å². The molecular weight excluding hydrogens is 326 g/mol. The van der Waals surface area contributed by atoms with Gasteiger partial charge in [0.15, 0.2) is 5.76 Å². The Balaban J connectivity index is 1.83. The summed E-state index contributed by atoms with van der Waals surface area (Å²) < 4.78 is 4.92. The fourth-order valence-corrected chi connectivity index (χ4v) is 2.00. The van der Waals surface area contributed by atoms with E-state index in [4.69, 9.17) is 16.0 Å². The highest BCUT2D eigenvalue weighted by Crippen LogP contribution is 2.22. The predicted octanol–water partition coefficient (Wildman–Crippen LogP) is 2.00. The molecule has 0 spiro atoms. The molecule has 1 heterocycles. The number of benzene rings is 1. The highest BCUT2D eigenvalue weighted by atomic mass is 35.5. The summed E-state index contributed by atoms with van der Waals surface area (Å²) in [6, 6.07) is 6.68. The van der Waals surface area contributed by atoms with E-state index < -0.39 is 16.7 Å². The maximum absolute atomic E-state index is 11.9. The summed E-state index contributed by atoms with van der Waals surface area (Å²) in [5, 5.41) is 15.7. The van der Waals surface area contributed by atoms with Crippen molar-refractivity contribution in [2.75, 3.05) is 13.1 Å². The van der Waals surface area contributed by atoms with Gasteiger partial charge >= 0.3 is 0 Å². The Bertz CT molecular complexity index is 730. The summed E-state index contributed by atoms with van der Waals surface area (Å²) in [4.78, 5) is 33.5. The molecule has 0 aliphatic rings. The molecule has 2 rings (SSSR count). The molecule has 2 N–H and O–H groups in total. The van der Waals surface area contributed by atoms with Crippen molar-refractivity contribution in [3.8, 4) is 0 Å². The molecule has 1 aromatic carbocycles. The maximum atomic E-state index is 11.9. The predicted molar refractivity (Wildman–Crippen MR) is 81.5 cm³/mol. The lowest BCUT2D eigenvalue weighted by molar-refractivity contribution is -0.384. The Morgan fingerprint density at radius 1 is 1.17 bits per heavy atom. The average molecular weight is 338 g/mol. The zero-order chi connectivity index (χ0) is 16.8. The van der Waals surface area contributed by atoms with E-state index in [0.717, 1.165) is 6.07 Å². The second-order valence-corrected chi connectivity index (χ2v) is 4.82. The van der Waals surface area contributed by atoms with Gasteiger partial charge in [0.25, 0.3) is 17.5 Å². The summed E-state index contributed by atoms with van der Waals surface area (Å²) in [6.45, 7) is 0.356. The molecule has 0 aliphatic heterocycles. The van der Waals surface area contributed by atoms with Gasteiger partial charge in [-0.05, 0) is 18.2 Å². The molecule has 0 radical (unpaired) electrons. The molecule has 0 unspecified atom stereocenters. The first kappa shape index (κ1) is 16.5. The van der Waals surface area contributed by atoms with Crippen molar-refractivity contribution in [3.05, 3.63) is 63.1 Å². The number of nitro benzene ring substituents is 1. The van der Waals surface area contributed by atoms with Crippen LogP contribution in [0.15, 0.2) is 41.0 Å². The number of amides is 2. The molecule has 1 aromatic heterocycles. The van der Waals surface area contributed by atoms with Crippen LogP contribution in [-0.4, -0.2) is 29.8 Å². The molecule has 0 saturated carbocycles. The van der Waals surface area contributed by atoms with E-state index in [1.165, 1.54) is 24.5 Å². The second-order valence-electron chi connectivity index (χ2n) is 4.41. The average Bonchev–Trinajstić information content (AvgIpc) is 3.05. The van der Waals surface area contributed by atoms with Crippen LogP contribution in [0.3, 0.4) is 0 Å². The second kappa shape index (κ2) is 7.41. The Labute approximate surface area is 135 Å². The molecule has 0 aliphatic carbocycles. The number of hydrogen-bond acceptors (Lipinski definition) is 5. The van der Waals surface area contributed by atoms with Crippen molar-refractivity contribution in [2.24, 2.45) is 0 Å². The molecule has 2 aromatic rings. The number of nitrogens with one attached hydrogen (secondary N) is 2. The molecule has 23 heavy (non-hydrogen) atoms. The molecule has 120 valence electrons. The first-order valence-corrected chi connectivity index (χ1v) is 6.90. The van der Waals surface area contributed by atoms with Gasteiger partial charge in [-0.25, -0.2) is 0 Å². The minimum Gasteiger partial charge on any atom is -0.459 e. The van der Waals surface area contributed by atoms with Crippen molar-refractivity contribution in [1.82, 2.24) is 10.6 Å². The molecule has 8 nitrogen and oxygen atoms in total. The zero-order valence-corrected chi connectivity index (χ0v) is 12.5. The van der Waals surface area contributed by atoms with E-state index in [1.807, 2.05) is 0 Å². The lowest BCUT2D eigenvalue weighted by Gasteiger charge is -2.07. The number of carbonyl (C=O) groups excluding carboxylic acids is 2. The summed E-state index contributed by atoms with van der Waals surface area (Å²) in [5.74, 6) is -0.704. The number of rotatable bonds is 6. The summed E-state index contributed by atoms with van der Waals surface area (Å²) in [7, 11) is 0. The fourth-order valence-electron chi connectivity index (χ4n) is 1.74. The van der Waals surface area contributed by atoms with Gasteiger partial charge in [0.1, 0.15) is 0 Å². The summed E-state index contributed by atoms with van der Waals surface area (Å²) in [6.07, 6.45) is 1.38. The Morgan fingerprint density at radius 2 is 1.87 bits per heavy atom. The molecule has 9 heteroatoms. The van der Waals surface area contributed by atoms with Gasteiger partial charge in [-0.15, -0.1) is 0 Å². The lowest BCUT2D eigenvalue weighted by Crippen LogP contribution is -2.34. The van der Waals surface area contributed by atoms with Crippen LogP contribution < -0.4 is 10.6 Å². The van der Waals surface area contributed by atoms with E-state index in [0.29, 0.717) is 0 Å². The van der Waals surface area contributed by atoms with E-state index in [1.54, 1.807) is 6.07 Å². The molecule has 0 saturated heterocycles. The van der Waals surface area contributed by atoms with Crippen LogP contribution in [-0.2, 0) is 0 Å². The van der Waals surface area contributed by atoms with E-state index >= 15 is 0 Å². The van der Waals surface area contributed by atoms with Gasteiger partial charge in [-0.2, -0.15) is 0 Å². The van der Waals surface area contributed by atoms with Gasteiger partial charge in [0.05, 0.1) is 21.8 Å². The van der Waals surface area contributed by atoms with Crippen LogP contribution in [0.25, 0.3) is 0 Å². The number of nitro groups is 1. The number of carbonyl (C=O) groups is 2. The minimum atomic E-state index is -0.599.